The van der Waals surface area contributed by atoms with E-state index in [-0.39, 0.29) is 5.43 Å². The van der Waals surface area contributed by atoms with Crippen molar-refractivity contribution in [2.75, 3.05) is 0 Å². The number of hydrogen-bond donors (Lipinski definition) is 1. The Bertz CT molecular complexity index is 647. The molecule has 4 heteroatoms. The molecule has 18 heavy (non-hydrogen) atoms. The van der Waals surface area contributed by atoms with Crippen LogP contribution in [-0.2, 0) is 5.75 Å². The molecule has 0 bridgehead atoms. The minimum atomic E-state index is -0.0518. The van der Waals surface area contributed by atoms with E-state index in [4.69, 9.17) is 0 Å². The first-order valence-corrected chi connectivity index (χ1v) is 6.45. The summed E-state index contributed by atoms with van der Waals surface area (Å²) in [5, 5.41) is 4.39. The Balaban J connectivity index is 2.71. The fraction of sp³-hybridized carbons (Fsp3) is 0.286. The molecule has 1 aromatic carbocycles. The zero-order valence-electron chi connectivity index (χ0n) is 10.8. The third-order valence-corrected chi connectivity index (χ3v) is 3.43. The molecule has 0 spiro atoms. The van der Waals surface area contributed by atoms with Gasteiger partial charge < -0.3 is 0 Å². The van der Waals surface area contributed by atoms with Gasteiger partial charge in [0.1, 0.15) is 5.69 Å². The van der Waals surface area contributed by atoms with Gasteiger partial charge in [0.2, 0.25) is 5.43 Å². The lowest BCUT2D eigenvalue weighted by Crippen LogP contribution is -2.18. The fourth-order valence-corrected chi connectivity index (χ4v) is 2.12. The average Bonchev–Trinajstić information content (AvgIpc) is 2.34. The minimum absolute atomic E-state index is 0.0518. The second-order valence-corrected chi connectivity index (χ2v) is 4.70. The van der Waals surface area contributed by atoms with E-state index in [1.165, 1.54) is 11.1 Å². The zero-order chi connectivity index (χ0) is 13.3. The molecule has 2 aromatic rings. The zero-order valence-corrected chi connectivity index (χ0v) is 11.7. The van der Waals surface area contributed by atoms with Gasteiger partial charge in [0.05, 0.1) is 5.69 Å². The second kappa shape index (κ2) is 4.98. The number of aryl methyl sites for hydroxylation is 2. The smallest absolute Gasteiger partial charge is 0.204 e. The molecule has 0 radical (unpaired) electrons. The monoisotopic (exact) mass is 260 g/mol. The molecule has 0 aliphatic rings. The molecule has 0 amide bonds. The lowest BCUT2D eigenvalue weighted by Gasteiger charge is -2.14. The lowest BCUT2D eigenvalue weighted by molar-refractivity contribution is 0.768. The number of thiol groups is 1. The van der Waals surface area contributed by atoms with Crippen LogP contribution in [0.5, 0.6) is 0 Å². The highest BCUT2D eigenvalue weighted by Crippen LogP contribution is 2.17. The van der Waals surface area contributed by atoms with Gasteiger partial charge in [-0.2, -0.15) is 17.7 Å². The quantitative estimate of drug-likeness (QED) is 0.842. The highest BCUT2D eigenvalue weighted by atomic mass is 32.1. The van der Waals surface area contributed by atoms with Crippen LogP contribution in [-0.4, -0.2) is 9.78 Å². The van der Waals surface area contributed by atoms with Crippen LogP contribution in [0.15, 0.2) is 29.1 Å². The van der Waals surface area contributed by atoms with Crippen molar-refractivity contribution in [1.29, 1.82) is 0 Å². The average molecular weight is 260 g/mol. The highest BCUT2D eigenvalue weighted by Gasteiger charge is 2.09. The van der Waals surface area contributed by atoms with Crippen molar-refractivity contribution < 1.29 is 0 Å². The molecule has 0 saturated carbocycles. The molecule has 1 heterocycles. The van der Waals surface area contributed by atoms with E-state index in [0.717, 1.165) is 11.4 Å². The normalized spacial score (nSPS) is 10.7. The number of rotatable bonds is 2. The first kappa shape index (κ1) is 12.9. The predicted molar refractivity (Wildman–Crippen MR) is 76.7 cm³/mol. The van der Waals surface area contributed by atoms with Gasteiger partial charge in [0.25, 0.3) is 0 Å². The molecule has 0 aliphatic heterocycles. The van der Waals surface area contributed by atoms with Gasteiger partial charge in [-0.25, -0.2) is 4.68 Å². The number of hydrogen-bond acceptors (Lipinski definition) is 3. The number of benzene rings is 1. The van der Waals surface area contributed by atoms with Crippen LogP contribution in [0.1, 0.15) is 22.5 Å². The number of aromatic nitrogens is 2. The molecule has 2 rings (SSSR count). The second-order valence-electron chi connectivity index (χ2n) is 4.39. The Morgan fingerprint density at radius 1 is 1.28 bits per heavy atom. The predicted octanol–water partition coefficient (Wildman–Crippen LogP) is 2.59. The van der Waals surface area contributed by atoms with E-state index in [0.29, 0.717) is 11.4 Å². The summed E-state index contributed by atoms with van der Waals surface area (Å²) in [6, 6.07) is 7.68. The molecule has 1 aromatic heterocycles. The van der Waals surface area contributed by atoms with Crippen molar-refractivity contribution in [2.45, 2.75) is 26.5 Å². The first-order valence-electron chi connectivity index (χ1n) is 5.82. The van der Waals surface area contributed by atoms with Crippen molar-refractivity contribution in [2.24, 2.45) is 0 Å². The summed E-state index contributed by atoms with van der Waals surface area (Å²) >= 11 is 4.14. The van der Waals surface area contributed by atoms with Crippen LogP contribution in [0.3, 0.4) is 0 Å². The molecule has 3 nitrogen and oxygen atoms in total. The van der Waals surface area contributed by atoms with Gasteiger partial charge >= 0.3 is 0 Å². The van der Waals surface area contributed by atoms with Gasteiger partial charge in [-0.15, -0.1) is 0 Å². The molecule has 0 N–H and O–H groups in total. The lowest BCUT2D eigenvalue weighted by atomic mass is 10.1. The fourth-order valence-electron chi connectivity index (χ4n) is 1.90. The third-order valence-electron chi connectivity index (χ3n) is 3.13. The summed E-state index contributed by atoms with van der Waals surface area (Å²) in [5.41, 5.74) is 4.64. The third kappa shape index (κ3) is 2.20. The molecular formula is C14H16N2OS. The Kier molecular flexibility index (Phi) is 3.57. The largest absolute Gasteiger partial charge is 0.288 e. The standard InChI is InChI=1S/C14H16N2OS/c1-9-5-4-6-13(11(9)3)16-10(2)7-14(17)12(8-18)15-16/h4-7,18H,8H2,1-3H3. The SMILES string of the molecule is Cc1cccc(-n2nc(CS)c(=O)cc2C)c1C. The summed E-state index contributed by atoms with van der Waals surface area (Å²) in [4.78, 5) is 11.7. The van der Waals surface area contributed by atoms with Crippen LogP contribution in [0.4, 0.5) is 0 Å². The van der Waals surface area contributed by atoms with Gasteiger partial charge in [0, 0.05) is 17.5 Å². The van der Waals surface area contributed by atoms with E-state index >= 15 is 0 Å². The van der Waals surface area contributed by atoms with E-state index in [1.54, 1.807) is 6.07 Å². The molecule has 0 saturated heterocycles. The van der Waals surface area contributed by atoms with Crippen LogP contribution in [0.2, 0.25) is 0 Å². The molecule has 0 fully saturated rings. The van der Waals surface area contributed by atoms with Crippen molar-refractivity contribution in [3.05, 3.63) is 57.0 Å². The molecule has 0 aliphatic carbocycles. The molecule has 0 unspecified atom stereocenters. The summed E-state index contributed by atoms with van der Waals surface area (Å²) in [5.74, 6) is 0.351. The summed E-state index contributed by atoms with van der Waals surface area (Å²) in [6.45, 7) is 6.01. The first-order chi connectivity index (χ1) is 8.54. The van der Waals surface area contributed by atoms with E-state index < -0.39 is 0 Å². The van der Waals surface area contributed by atoms with Crippen molar-refractivity contribution >= 4 is 12.6 Å². The highest BCUT2D eigenvalue weighted by molar-refractivity contribution is 7.79. The number of nitrogens with zero attached hydrogens (tertiary/aromatic N) is 2. The van der Waals surface area contributed by atoms with Crippen LogP contribution in [0.25, 0.3) is 5.69 Å². The van der Waals surface area contributed by atoms with Gasteiger partial charge in [0.15, 0.2) is 0 Å². The van der Waals surface area contributed by atoms with Gasteiger partial charge in [-0.3, -0.25) is 4.79 Å². The van der Waals surface area contributed by atoms with Crippen molar-refractivity contribution in [1.82, 2.24) is 9.78 Å². The maximum atomic E-state index is 11.7. The maximum absolute atomic E-state index is 11.7. The minimum Gasteiger partial charge on any atom is -0.288 e. The maximum Gasteiger partial charge on any atom is 0.204 e. The van der Waals surface area contributed by atoms with E-state index in [2.05, 4.69) is 37.6 Å². The topological polar surface area (TPSA) is 34.9 Å². The van der Waals surface area contributed by atoms with Crippen LogP contribution < -0.4 is 5.43 Å². The summed E-state index contributed by atoms with van der Waals surface area (Å²) < 4.78 is 1.81. The molecular weight excluding hydrogens is 244 g/mol. The Hall–Kier alpha value is -1.55. The Morgan fingerprint density at radius 2 is 2.00 bits per heavy atom. The summed E-state index contributed by atoms with van der Waals surface area (Å²) in [7, 11) is 0. The van der Waals surface area contributed by atoms with Crippen molar-refractivity contribution in [3.63, 3.8) is 0 Å². The Morgan fingerprint density at radius 3 is 2.67 bits per heavy atom. The van der Waals surface area contributed by atoms with Crippen molar-refractivity contribution in [3.8, 4) is 5.69 Å². The van der Waals surface area contributed by atoms with Crippen LogP contribution in [0, 0.1) is 20.8 Å². The van der Waals surface area contributed by atoms with E-state index in [1.807, 2.05) is 23.7 Å². The molecule has 94 valence electrons. The summed E-state index contributed by atoms with van der Waals surface area (Å²) in [6.07, 6.45) is 0. The Labute approximate surface area is 112 Å². The van der Waals surface area contributed by atoms with E-state index in [9.17, 15) is 4.79 Å². The molecule has 0 atom stereocenters. The van der Waals surface area contributed by atoms with Crippen LogP contribution >= 0.6 is 12.6 Å². The van der Waals surface area contributed by atoms with Gasteiger partial charge in [-0.1, -0.05) is 12.1 Å². The van der Waals surface area contributed by atoms with Gasteiger partial charge in [-0.05, 0) is 38.0 Å².